The predicted octanol–water partition coefficient (Wildman–Crippen LogP) is 7.49. The van der Waals surface area contributed by atoms with Crippen molar-refractivity contribution in [2.45, 2.75) is 170 Å². The van der Waals surface area contributed by atoms with Crippen molar-refractivity contribution < 1.29 is 38.3 Å². The molecule has 8 atom stereocenters. The van der Waals surface area contributed by atoms with Gasteiger partial charge in [0.25, 0.3) is 5.91 Å². The summed E-state index contributed by atoms with van der Waals surface area (Å²) in [4.78, 5) is 99.8. The number of ether oxygens (including phenoxy) is 1. The zero-order valence-corrected chi connectivity index (χ0v) is 40.6. The van der Waals surface area contributed by atoms with Gasteiger partial charge in [0, 0.05) is 75.4 Å². The number of likely N-dealkylation sites (tertiary alicyclic amines) is 1. The van der Waals surface area contributed by atoms with Gasteiger partial charge in [0.05, 0.1) is 12.1 Å². The third-order valence-electron chi connectivity index (χ3n) is 12.7. The van der Waals surface area contributed by atoms with Crippen LogP contribution < -0.4 is 10.6 Å². The number of thiazole rings is 1. The van der Waals surface area contributed by atoms with Crippen molar-refractivity contribution in [2.75, 3.05) is 20.6 Å². The minimum Gasteiger partial charge on any atom is -0.455 e. The van der Waals surface area contributed by atoms with E-state index in [9.17, 15) is 33.6 Å². The van der Waals surface area contributed by atoms with Crippen molar-refractivity contribution in [1.29, 1.82) is 0 Å². The van der Waals surface area contributed by atoms with Gasteiger partial charge in [-0.15, -0.1) is 11.3 Å². The Hall–Kier alpha value is -4.30. The van der Waals surface area contributed by atoms with Crippen LogP contribution in [0.5, 0.6) is 0 Å². The first-order chi connectivity index (χ1) is 29.8. The molecule has 0 bridgehead atoms. The number of ketones is 3. The molecule has 3 rings (SSSR count). The second-order valence-electron chi connectivity index (χ2n) is 18.2. The molecule has 0 saturated carbocycles. The van der Waals surface area contributed by atoms with E-state index >= 15 is 0 Å². The molecule has 14 heteroatoms. The zero-order valence-electron chi connectivity index (χ0n) is 39.8. The van der Waals surface area contributed by atoms with Gasteiger partial charge < -0.3 is 20.3 Å². The van der Waals surface area contributed by atoms with E-state index in [2.05, 4.69) is 20.5 Å². The Morgan fingerprint density at radius 3 is 2.17 bits per heavy atom. The van der Waals surface area contributed by atoms with Gasteiger partial charge in [-0.3, -0.25) is 38.5 Å². The Kier molecular flexibility index (Phi) is 21.8. The molecule has 0 aliphatic carbocycles. The maximum absolute atomic E-state index is 14.3. The normalized spacial score (nSPS) is 17.7. The van der Waals surface area contributed by atoms with Crippen LogP contribution in [-0.4, -0.2) is 101 Å². The molecule has 63 heavy (non-hydrogen) atoms. The first-order valence-corrected chi connectivity index (χ1v) is 24.0. The fourth-order valence-electron chi connectivity index (χ4n) is 8.42. The number of amides is 3. The molecule has 1 aliphatic rings. The lowest BCUT2D eigenvalue weighted by Gasteiger charge is -2.37. The van der Waals surface area contributed by atoms with Crippen LogP contribution in [0.25, 0.3) is 0 Å². The Bertz CT molecular complexity index is 1850. The van der Waals surface area contributed by atoms with E-state index in [0.29, 0.717) is 11.4 Å². The van der Waals surface area contributed by atoms with Crippen molar-refractivity contribution >= 4 is 52.4 Å². The zero-order chi connectivity index (χ0) is 47.0. The van der Waals surface area contributed by atoms with E-state index in [0.717, 1.165) is 56.2 Å². The van der Waals surface area contributed by atoms with E-state index < -0.39 is 30.0 Å². The van der Waals surface area contributed by atoms with Crippen LogP contribution in [0, 0.1) is 23.7 Å². The molecular formula is C49H75N5O8S. The number of rotatable bonds is 26. The molecule has 1 aliphatic heterocycles. The highest BCUT2D eigenvalue weighted by Crippen LogP contribution is 2.33. The summed E-state index contributed by atoms with van der Waals surface area (Å²) >= 11 is 1.24. The molecular weight excluding hydrogens is 819 g/mol. The summed E-state index contributed by atoms with van der Waals surface area (Å²) in [6.45, 7) is 17.5. The van der Waals surface area contributed by atoms with Crippen LogP contribution in [0.3, 0.4) is 0 Å². The van der Waals surface area contributed by atoms with E-state index in [1.54, 1.807) is 38.1 Å². The monoisotopic (exact) mass is 894 g/mol. The molecule has 2 aromatic rings. The highest BCUT2D eigenvalue weighted by atomic mass is 32.1. The second-order valence-corrected chi connectivity index (χ2v) is 19.0. The van der Waals surface area contributed by atoms with Gasteiger partial charge in [0.2, 0.25) is 11.8 Å². The van der Waals surface area contributed by atoms with Gasteiger partial charge in [0.1, 0.15) is 16.5 Å². The molecule has 1 unspecified atom stereocenters. The standard InChI is InChI=1S/C49H75N5O8S/c1-12-17-37(25-35-19-21-36(22-20-35)26-42(56)32(7)24-43(57)33(8)50-46(59)14-3)51-47(60)39-29-63-48(52-39)45(62-34(9)55)28-41(30(4)5)54(11)49(61)38(31(6)13-2)27-44(58)40-18-15-16-23-53(40)10/h19-22,29-33,37-38,40-41,45H,12-18,23-28H2,1-11H3,(H,50,59)(H,51,60)/t31-,32+,33-,37+,38-,40?,41+,45+/m0/s1. The lowest BCUT2D eigenvalue weighted by atomic mass is 9.83. The predicted molar refractivity (Wildman–Crippen MR) is 247 cm³/mol. The lowest BCUT2D eigenvalue weighted by Crippen LogP contribution is -2.48. The third-order valence-corrected chi connectivity index (χ3v) is 13.7. The van der Waals surface area contributed by atoms with E-state index in [4.69, 9.17) is 4.74 Å². The van der Waals surface area contributed by atoms with Gasteiger partial charge >= 0.3 is 5.97 Å². The number of aromatic nitrogens is 1. The van der Waals surface area contributed by atoms with E-state index in [1.807, 2.05) is 65.9 Å². The van der Waals surface area contributed by atoms with Crippen molar-refractivity contribution in [3.8, 4) is 0 Å². The Morgan fingerprint density at radius 1 is 0.921 bits per heavy atom. The SMILES string of the molecule is CCC[C@H](Cc1ccc(CC(=O)[C@H](C)CC(=O)[C@H](C)NC(=O)CC)cc1)NC(=O)c1csc([C@@H](C[C@H](C(C)C)N(C)C(=O)[C@@H](CC(=O)C2CCCCN2C)[C@@H](C)CC)OC(C)=O)n1. The molecule has 0 spiro atoms. The Morgan fingerprint density at radius 2 is 1.59 bits per heavy atom. The summed E-state index contributed by atoms with van der Waals surface area (Å²) in [5.74, 6) is -2.23. The lowest BCUT2D eigenvalue weighted by molar-refractivity contribution is -0.149. The topological polar surface area (TPSA) is 172 Å². The maximum atomic E-state index is 14.3. The number of piperidine rings is 1. The molecule has 13 nitrogen and oxygen atoms in total. The first kappa shape index (κ1) is 53.0. The van der Waals surface area contributed by atoms with Crippen LogP contribution in [0.2, 0.25) is 0 Å². The Labute approximate surface area is 380 Å². The van der Waals surface area contributed by atoms with Crippen molar-refractivity contribution in [2.24, 2.45) is 23.7 Å². The molecule has 1 fully saturated rings. The highest BCUT2D eigenvalue weighted by molar-refractivity contribution is 7.09. The van der Waals surface area contributed by atoms with Crippen molar-refractivity contribution in [1.82, 2.24) is 25.4 Å². The fraction of sp³-hybridized carbons (Fsp3) is 0.673. The number of nitrogens with zero attached hydrogens (tertiary/aromatic N) is 3. The van der Waals surface area contributed by atoms with Crippen molar-refractivity contribution in [3.05, 3.63) is 51.5 Å². The molecule has 1 aromatic heterocycles. The first-order valence-electron chi connectivity index (χ1n) is 23.1. The molecule has 1 saturated heterocycles. The highest BCUT2D eigenvalue weighted by Gasteiger charge is 2.38. The summed E-state index contributed by atoms with van der Waals surface area (Å²) in [6.07, 6.45) is 5.95. The van der Waals surface area contributed by atoms with Gasteiger partial charge in [0.15, 0.2) is 17.7 Å². The maximum Gasteiger partial charge on any atom is 0.303 e. The number of esters is 1. The Balaban J connectivity index is 1.69. The minimum absolute atomic E-state index is 0.00209. The quantitative estimate of drug-likeness (QED) is 0.0902. The van der Waals surface area contributed by atoms with Gasteiger partial charge in [-0.25, -0.2) is 4.98 Å². The molecule has 350 valence electrons. The van der Waals surface area contributed by atoms with Gasteiger partial charge in [-0.05, 0) is 69.2 Å². The summed E-state index contributed by atoms with van der Waals surface area (Å²) in [7, 11) is 3.76. The van der Waals surface area contributed by atoms with Gasteiger partial charge in [-0.1, -0.05) is 92.0 Å². The summed E-state index contributed by atoms with van der Waals surface area (Å²) in [5.41, 5.74) is 2.03. The van der Waals surface area contributed by atoms with E-state index in [-0.39, 0.29) is 103 Å². The smallest absolute Gasteiger partial charge is 0.303 e. The number of nitrogens with one attached hydrogen (secondary N) is 2. The third kappa shape index (κ3) is 16.3. The summed E-state index contributed by atoms with van der Waals surface area (Å²) in [6, 6.07) is 6.35. The largest absolute Gasteiger partial charge is 0.455 e. The number of benzene rings is 1. The molecule has 3 amide bonds. The number of hydrogen-bond acceptors (Lipinski definition) is 11. The van der Waals surface area contributed by atoms with Crippen LogP contribution in [-0.2, 0) is 46.3 Å². The average molecular weight is 894 g/mol. The second kappa shape index (κ2) is 25.9. The summed E-state index contributed by atoms with van der Waals surface area (Å²) < 4.78 is 5.84. The fourth-order valence-corrected chi connectivity index (χ4v) is 9.25. The van der Waals surface area contributed by atoms with Crippen LogP contribution in [0.1, 0.15) is 159 Å². The number of hydrogen-bond donors (Lipinski definition) is 2. The molecule has 1 aromatic carbocycles. The molecule has 2 N–H and O–H groups in total. The molecule has 0 radical (unpaired) electrons. The molecule has 2 heterocycles. The van der Waals surface area contributed by atoms with Crippen LogP contribution >= 0.6 is 11.3 Å². The van der Waals surface area contributed by atoms with Crippen LogP contribution in [0.4, 0.5) is 0 Å². The minimum atomic E-state index is -0.798. The summed E-state index contributed by atoms with van der Waals surface area (Å²) in [5, 5.41) is 7.93. The number of carbonyl (C=O) groups is 7. The number of likely N-dealkylation sites (N-methyl/N-ethyl adjacent to an activating group) is 1. The van der Waals surface area contributed by atoms with Crippen molar-refractivity contribution in [3.63, 3.8) is 0 Å². The van der Waals surface area contributed by atoms with Crippen LogP contribution in [0.15, 0.2) is 29.6 Å². The number of carbonyl (C=O) groups excluding carboxylic acids is 7. The van der Waals surface area contributed by atoms with Gasteiger partial charge in [-0.2, -0.15) is 0 Å². The number of Topliss-reactive ketones (excluding diaryl/α,β-unsaturated/α-hetero) is 3. The average Bonchev–Trinajstić information content (AvgIpc) is 3.74. The van der Waals surface area contributed by atoms with E-state index in [1.165, 1.54) is 18.3 Å².